The lowest BCUT2D eigenvalue weighted by Gasteiger charge is -1.95. The number of hydrogen-bond donors (Lipinski definition) is 2. The minimum Gasteiger partial charge on any atom is -1.00 e. The van der Waals surface area contributed by atoms with Crippen LogP contribution in [-0.4, -0.2) is 4.98 Å². The maximum atomic E-state index is 5.61. The highest BCUT2D eigenvalue weighted by atomic mass is 79.9. The highest BCUT2D eigenvalue weighted by molar-refractivity contribution is 4.82. The van der Waals surface area contributed by atoms with Crippen LogP contribution >= 0.6 is 0 Å². The van der Waals surface area contributed by atoms with Crippen LogP contribution in [0.25, 0.3) is 0 Å². The first-order valence-corrected chi connectivity index (χ1v) is 3.00. The molecule has 0 aromatic carbocycles. The van der Waals surface area contributed by atoms with Gasteiger partial charge in [0.25, 0.3) is 5.82 Å². The molecule has 4 heteroatoms. The van der Waals surface area contributed by atoms with Crippen molar-refractivity contribution in [3.05, 3.63) is 18.2 Å². The van der Waals surface area contributed by atoms with E-state index in [-0.39, 0.29) is 23.0 Å². The molecule has 58 valence electrons. The van der Waals surface area contributed by atoms with E-state index in [9.17, 15) is 0 Å². The van der Waals surface area contributed by atoms with Crippen LogP contribution in [0.15, 0.2) is 12.4 Å². The number of aromatic amines is 1. The van der Waals surface area contributed by atoms with E-state index in [1.165, 1.54) is 0 Å². The quantitative estimate of drug-likeness (QED) is 0.469. The molecular weight excluding hydrogens is 194 g/mol. The van der Waals surface area contributed by atoms with Gasteiger partial charge in [0.15, 0.2) is 0 Å². The number of nitrogens with zero attached hydrogens (tertiary/aromatic N) is 1. The van der Waals surface area contributed by atoms with Crippen molar-refractivity contribution >= 4 is 0 Å². The second-order valence-corrected chi connectivity index (χ2v) is 2.24. The van der Waals surface area contributed by atoms with Crippen LogP contribution in [-0.2, 0) is 7.05 Å². The standard InChI is InChI=1S/C6H11N3.BrH/c1-5(7)6-8-3-4-9(6)2;/h3-5H,7H2,1-2H3;1H. The van der Waals surface area contributed by atoms with E-state index in [0.29, 0.717) is 0 Å². The molecule has 0 spiro atoms. The van der Waals surface area contributed by atoms with Gasteiger partial charge in [0.05, 0.1) is 7.05 Å². The smallest absolute Gasteiger partial charge is 0.270 e. The summed E-state index contributed by atoms with van der Waals surface area (Å²) in [6, 6.07) is 0.0880. The molecule has 3 nitrogen and oxygen atoms in total. The molecule has 1 unspecified atom stereocenters. The van der Waals surface area contributed by atoms with Gasteiger partial charge >= 0.3 is 0 Å². The van der Waals surface area contributed by atoms with E-state index in [2.05, 4.69) is 4.98 Å². The first-order chi connectivity index (χ1) is 4.22. The minimum absolute atomic E-state index is 0. The SMILES string of the molecule is CC(N)c1[nH]cc[n+]1C.[Br-]. The third kappa shape index (κ3) is 1.82. The monoisotopic (exact) mass is 205 g/mol. The highest BCUT2D eigenvalue weighted by Gasteiger charge is 2.09. The van der Waals surface area contributed by atoms with Crippen molar-refractivity contribution in [2.45, 2.75) is 13.0 Å². The average Bonchev–Trinajstić information content (AvgIpc) is 2.13. The summed E-state index contributed by atoms with van der Waals surface area (Å²) in [6.45, 7) is 1.95. The lowest BCUT2D eigenvalue weighted by Crippen LogP contribution is -3.00. The molecule has 0 saturated carbocycles. The summed E-state index contributed by atoms with van der Waals surface area (Å²) in [5, 5.41) is 0. The van der Waals surface area contributed by atoms with Gasteiger partial charge in [0.2, 0.25) is 0 Å². The van der Waals surface area contributed by atoms with Crippen molar-refractivity contribution in [2.75, 3.05) is 0 Å². The lowest BCUT2D eigenvalue weighted by molar-refractivity contribution is -0.679. The summed E-state index contributed by atoms with van der Waals surface area (Å²) in [4.78, 5) is 3.04. The Morgan fingerprint density at radius 2 is 2.30 bits per heavy atom. The van der Waals surface area contributed by atoms with Crippen LogP contribution in [0.5, 0.6) is 0 Å². The fourth-order valence-electron chi connectivity index (χ4n) is 0.869. The van der Waals surface area contributed by atoms with E-state index in [1.54, 1.807) is 0 Å². The molecule has 0 bridgehead atoms. The second-order valence-electron chi connectivity index (χ2n) is 2.24. The molecule has 1 rings (SSSR count). The molecule has 0 radical (unpaired) electrons. The zero-order chi connectivity index (χ0) is 6.85. The first-order valence-electron chi connectivity index (χ1n) is 3.00. The minimum atomic E-state index is 0. The molecule has 0 aliphatic heterocycles. The van der Waals surface area contributed by atoms with Gasteiger partial charge in [-0.2, -0.15) is 0 Å². The van der Waals surface area contributed by atoms with Gasteiger partial charge in [0.1, 0.15) is 18.4 Å². The Morgan fingerprint density at radius 3 is 2.50 bits per heavy atom. The number of nitrogens with one attached hydrogen (secondary N) is 1. The molecule has 0 aliphatic carbocycles. The topological polar surface area (TPSA) is 45.7 Å². The normalized spacial score (nSPS) is 12.3. The number of hydrogen-bond acceptors (Lipinski definition) is 1. The summed E-state index contributed by atoms with van der Waals surface area (Å²) in [5.74, 6) is 1.05. The predicted molar refractivity (Wildman–Crippen MR) is 34.6 cm³/mol. The number of halogens is 1. The summed E-state index contributed by atoms with van der Waals surface area (Å²) in [5.41, 5.74) is 5.61. The molecule has 10 heavy (non-hydrogen) atoms. The lowest BCUT2D eigenvalue weighted by atomic mass is 10.3. The van der Waals surface area contributed by atoms with Crippen LogP contribution in [0.1, 0.15) is 18.8 Å². The van der Waals surface area contributed by atoms with Gasteiger partial charge in [-0.15, -0.1) is 0 Å². The van der Waals surface area contributed by atoms with Crippen LogP contribution in [0, 0.1) is 0 Å². The molecule has 0 amide bonds. The molecule has 0 aliphatic rings. The van der Waals surface area contributed by atoms with Crippen molar-refractivity contribution in [3.8, 4) is 0 Å². The molecule has 1 aromatic rings. The van der Waals surface area contributed by atoms with Crippen LogP contribution in [0.2, 0.25) is 0 Å². The van der Waals surface area contributed by atoms with Gasteiger partial charge < -0.3 is 22.7 Å². The Hall–Kier alpha value is -0.350. The fraction of sp³-hybridized carbons (Fsp3) is 0.500. The summed E-state index contributed by atoms with van der Waals surface area (Å²) in [6.07, 6.45) is 3.82. The highest BCUT2D eigenvalue weighted by Crippen LogP contribution is 1.96. The third-order valence-electron chi connectivity index (χ3n) is 1.34. The van der Waals surface area contributed by atoms with Gasteiger partial charge in [0, 0.05) is 0 Å². The van der Waals surface area contributed by atoms with Crippen molar-refractivity contribution in [1.82, 2.24) is 4.98 Å². The molecule has 3 N–H and O–H groups in total. The summed E-state index contributed by atoms with van der Waals surface area (Å²) >= 11 is 0. The van der Waals surface area contributed by atoms with E-state index in [4.69, 9.17) is 5.73 Å². The Morgan fingerprint density at radius 1 is 1.70 bits per heavy atom. The number of H-pyrrole nitrogens is 1. The molecule has 0 fully saturated rings. The van der Waals surface area contributed by atoms with E-state index < -0.39 is 0 Å². The van der Waals surface area contributed by atoms with Gasteiger partial charge in [-0.1, -0.05) is 0 Å². The number of aromatic nitrogens is 2. The van der Waals surface area contributed by atoms with E-state index in [0.717, 1.165) is 5.82 Å². The Labute approximate surface area is 71.0 Å². The maximum absolute atomic E-state index is 5.61. The van der Waals surface area contributed by atoms with E-state index in [1.807, 2.05) is 30.9 Å². The zero-order valence-electron chi connectivity index (χ0n) is 6.13. The van der Waals surface area contributed by atoms with Crippen molar-refractivity contribution < 1.29 is 21.5 Å². The largest absolute Gasteiger partial charge is 1.00 e. The number of aryl methyl sites for hydroxylation is 1. The predicted octanol–water partition coefficient (Wildman–Crippen LogP) is -3.14. The number of imidazole rings is 1. The Bertz CT molecular complexity index is 195. The van der Waals surface area contributed by atoms with Gasteiger partial charge in [-0.25, -0.2) is 9.55 Å². The van der Waals surface area contributed by atoms with Crippen molar-refractivity contribution in [2.24, 2.45) is 12.8 Å². The summed E-state index contributed by atoms with van der Waals surface area (Å²) in [7, 11) is 1.97. The van der Waals surface area contributed by atoms with Crippen LogP contribution in [0.3, 0.4) is 0 Å². The first kappa shape index (κ1) is 9.65. The van der Waals surface area contributed by atoms with Crippen LogP contribution in [0.4, 0.5) is 0 Å². The van der Waals surface area contributed by atoms with E-state index >= 15 is 0 Å². The maximum Gasteiger partial charge on any atom is 0.270 e. The molecule has 0 saturated heterocycles. The molecular formula is C6H12BrN3. The fourth-order valence-corrected chi connectivity index (χ4v) is 0.869. The number of rotatable bonds is 1. The molecule has 1 atom stereocenters. The van der Waals surface area contributed by atoms with Crippen molar-refractivity contribution in [1.29, 1.82) is 0 Å². The van der Waals surface area contributed by atoms with Crippen LogP contribution < -0.4 is 27.3 Å². The van der Waals surface area contributed by atoms with Crippen molar-refractivity contribution in [3.63, 3.8) is 0 Å². The number of nitrogens with two attached hydrogens (primary N) is 1. The molecule has 1 heterocycles. The molecule has 1 aromatic heterocycles. The average molecular weight is 206 g/mol. The van der Waals surface area contributed by atoms with Gasteiger partial charge in [-0.05, 0) is 6.92 Å². The van der Waals surface area contributed by atoms with Gasteiger partial charge in [-0.3, -0.25) is 0 Å². The third-order valence-corrected chi connectivity index (χ3v) is 1.34. The Balaban J connectivity index is 0.000000810. The Kier molecular flexibility index (Phi) is 3.60. The zero-order valence-corrected chi connectivity index (χ0v) is 7.72. The summed E-state index contributed by atoms with van der Waals surface area (Å²) < 4.78 is 1.98. The second kappa shape index (κ2) is 3.73.